The Kier molecular flexibility index (Phi) is 5.86. The van der Waals surface area contributed by atoms with Crippen LogP contribution in [0.1, 0.15) is 29.3 Å². The Hall–Kier alpha value is -3.07. The van der Waals surface area contributed by atoms with E-state index >= 15 is 0 Å². The zero-order valence-electron chi connectivity index (χ0n) is 18.7. The first-order valence-corrected chi connectivity index (χ1v) is 12.8. The number of thiazole rings is 1. The highest BCUT2D eigenvalue weighted by Gasteiger charge is 2.25. The van der Waals surface area contributed by atoms with Crippen molar-refractivity contribution in [2.45, 2.75) is 32.0 Å². The molecule has 0 bridgehead atoms. The van der Waals surface area contributed by atoms with E-state index < -0.39 is 0 Å². The average Bonchev–Trinajstić information content (AvgIpc) is 3.61. The summed E-state index contributed by atoms with van der Waals surface area (Å²) in [6, 6.07) is 22.6. The largest absolute Gasteiger partial charge is 0.461 e. The van der Waals surface area contributed by atoms with Gasteiger partial charge in [-0.2, -0.15) is 0 Å². The smallest absolute Gasteiger partial charge is 0.199 e. The number of aromatic nitrogens is 4. The van der Waals surface area contributed by atoms with Gasteiger partial charge in [0, 0.05) is 12.5 Å². The predicted octanol–water partition coefficient (Wildman–Crippen LogP) is 6.17. The SMILES string of the molecule is S=c1n(CN2CCC[C@@H](c3nc4ccccc4s3)C2)nc(-c2ccco2)n1Cc1ccccc1. The summed E-state index contributed by atoms with van der Waals surface area (Å²) in [4.78, 5) is 7.37. The number of para-hydroxylation sites is 1. The van der Waals surface area contributed by atoms with Gasteiger partial charge in [0.15, 0.2) is 16.4 Å². The molecular weight excluding hydrogens is 462 g/mol. The highest BCUT2D eigenvalue weighted by Crippen LogP contribution is 2.33. The van der Waals surface area contributed by atoms with E-state index in [4.69, 9.17) is 26.7 Å². The molecule has 0 amide bonds. The average molecular weight is 488 g/mol. The maximum absolute atomic E-state index is 5.91. The summed E-state index contributed by atoms with van der Waals surface area (Å²) >= 11 is 7.73. The Labute approximate surface area is 207 Å². The number of hydrogen-bond acceptors (Lipinski definition) is 6. The van der Waals surface area contributed by atoms with Crippen LogP contribution >= 0.6 is 23.6 Å². The molecule has 0 N–H and O–H groups in total. The Morgan fingerprint density at radius 1 is 1.03 bits per heavy atom. The van der Waals surface area contributed by atoms with Crippen molar-refractivity contribution in [3.8, 4) is 11.6 Å². The Morgan fingerprint density at radius 3 is 2.71 bits per heavy atom. The van der Waals surface area contributed by atoms with Crippen LogP contribution in [0, 0.1) is 4.77 Å². The summed E-state index contributed by atoms with van der Waals surface area (Å²) in [5, 5.41) is 6.14. The van der Waals surface area contributed by atoms with Crippen molar-refractivity contribution in [1.82, 2.24) is 24.2 Å². The first-order chi connectivity index (χ1) is 16.7. The lowest BCUT2D eigenvalue weighted by atomic mass is 9.99. The molecule has 6 rings (SSSR count). The molecule has 1 aliphatic heterocycles. The first-order valence-electron chi connectivity index (χ1n) is 11.6. The van der Waals surface area contributed by atoms with Crippen LogP contribution in [0.5, 0.6) is 0 Å². The number of fused-ring (bicyclic) bond motifs is 1. The molecule has 0 spiro atoms. The summed E-state index contributed by atoms with van der Waals surface area (Å²) in [5.74, 6) is 1.93. The van der Waals surface area contributed by atoms with Crippen molar-refractivity contribution >= 4 is 33.8 Å². The van der Waals surface area contributed by atoms with Crippen LogP contribution in [-0.2, 0) is 13.2 Å². The summed E-state index contributed by atoms with van der Waals surface area (Å²) in [5.41, 5.74) is 2.28. The molecule has 4 heterocycles. The van der Waals surface area contributed by atoms with Gasteiger partial charge in [-0.05, 0) is 61.4 Å². The lowest BCUT2D eigenvalue weighted by Gasteiger charge is -2.31. The van der Waals surface area contributed by atoms with E-state index in [1.165, 1.54) is 21.7 Å². The molecule has 0 aliphatic carbocycles. The molecule has 6 nitrogen and oxygen atoms in total. The number of nitrogens with zero attached hydrogens (tertiary/aromatic N) is 5. The van der Waals surface area contributed by atoms with Crippen molar-refractivity contribution in [2.75, 3.05) is 13.1 Å². The van der Waals surface area contributed by atoms with E-state index in [-0.39, 0.29) is 0 Å². The second kappa shape index (κ2) is 9.29. The molecule has 3 aromatic heterocycles. The van der Waals surface area contributed by atoms with Gasteiger partial charge in [0.2, 0.25) is 0 Å². The maximum atomic E-state index is 5.91. The van der Waals surface area contributed by atoms with Gasteiger partial charge in [-0.3, -0.25) is 9.47 Å². The number of piperidine rings is 1. The number of hydrogen-bond donors (Lipinski definition) is 0. The topological polar surface area (TPSA) is 52.0 Å². The van der Waals surface area contributed by atoms with Gasteiger partial charge in [-0.25, -0.2) is 9.67 Å². The third kappa shape index (κ3) is 4.24. The van der Waals surface area contributed by atoms with Crippen LogP contribution in [0.3, 0.4) is 0 Å². The standard InChI is InChI=1S/C26H25N5OS2/c33-26-30(16-19-8-2-1-3-9-19)24(22-12-7-15-32-22)28-31(26)18-29-14-6-10-20(17-29)25-27-21-11-4-5-13-23(21)34-25/h1-5,7-9,11-13,15,20H,6,10,14,16-18H2/t20-/m1/s1. The summed E-state index contributed by atoms with van der Waals surface area (Å²) < 4.78 is 11.7. The molecule has 8 heteroatoms. The molecule has 1 fully saturated rings. The lowest BCUT2D eigenvalue weighted by Crippen LogP contribution is -2.36. The fourth-order valence-electron chi connectivity index (χ4n) is 4.67. The number of furan rings is 1. The maximum Gasteiger partial charge on any atom is 0.199 e. The number of benzene rings is 2. The zero-order valence-corrected chi connectivity index (χ0v) is 20.3. The van der Waals surface area contributed by atoms with Crippen LogP contribution in [0.4, 0.5) is 0 Å². The van der Waals surface area contributed by atoms with Crippen LogP contribution in [0.15, 0.2) is 77.4 Å². The van der Waals surface area contributed by atoms with Gasteiger partial charge in [0.25, 0.3) is 0 Å². The fraction of sp³-hybridized carbons (Fsp3) is 0.269. The van der Waals surface area contributed by atoms with Crippen molar-refractivity contribution < 1.29 is 4.42 Å². The Morgan fingerprint density at radius 2 is 1.88 bits per heavy atom. The van der Waals surface area contributed by atoms with Crippen LogP contribution in [0.2, 0.25) is 0 Å². The molecule has 1 aliphatic rings. The molecule has 1 atom stereocenters. The van der Waals surface area contributed by atoms with Gasteiger partial charge in [0.05, 0.1) is 34.7 Å². The highest BCUT2D eigenvalue weighted by atomic mass is 32.1. The van der Waals surface area contributed by atoms with Crippen LogP contribution in [0.25, 0.3) is 21.8 Å². The highest BCUT2D eigenvalue weighted by molar-refractivity contribution is 7.71. The minimum Gasteiger partial charge on any atom is -0.461 e. The normalized spacial score (nSPS) is 16.9. The van der Waals surface area contributed by atoms with E-state index in [0.717, 1.165) is 36.6 Å². The molecule has 34 heavy (non-hydrogen) atoms. The fourth-order valence-corrected chi connectivity index (χ4v) is 6.01. The van der Waals surface area contributed by atoms with E-state index in [1.807, 2.05) is 46.4 Å². The first kappa shape index (κ1) is 21.5. The van der Waals surface area contributed by atoms with Crippen molar-refractivity contribution in [1.29, 1.82) is 0 Å². The second-order valence-electron chi connectivity index (χ2n) is 8.73. The van der Waals surface area contributed by atoms with E-state index in [0.29, 0.717) is 23.9 Å². The minimum atomic E-state index is 0.441. The quantitative estimate of drug-likeness (QED) is 0.268. The van der Waals surface area contributed by atoms with Crippen molar-refractivity contribution in [2.24, 2.45) is 0 Å². The second-order valence-corrected chi connectivity index (χ2v) is 10.2. The van der Waals surface area contributed by atoms with E-state index in [1.54, 1.807) is 6.26 Å². The van der Waals surface area contributed by atoms with E-state index in [2.05, 4.69) is 45.9 Å². The monoisotopic (exact) mass is 487 g/mol. The third-order valence-electron chi connectivity index (χ3n) is 6.35. The zero-order chi connectivity index (χ0) is 22.9. The molecule has 0 unspecified atom stereocenters. The molecule has 0 saturated carbocycles. The van der Waals surface area contributed by atoms with Gasteiger partial charge >= 0.3 is 0 Å². The molecule has 5 aromatic rings. The lowest BCUT2D eigenvalue weighted by molar-refractivity contribution is 0.156. The van der Waals surface area contributed by atoms with Gasteiger partial charge in [0.1, 0.15) is 0 Å². The third-order valence-corrected chi connectivity index (χ3v) is 7.98. The minimum absolute atomic E-state index is 0.441. The van der Waals surface area contributed by atoms with Gasteiger partial charge in [-0.1, -0.05) is 42.5 Å². The summed E-state index contributed by atoms with van der Waals surface area (Å²) in [7, 11) is 0. The molecular formula is C26H25N5OS2. The van der Waals surface area contributed by atoms with Crippen LogP contribution in [-0.4, -0.2) is 37.3 Å². The summed E-state index contributed by atoms with van der Waals surface area (Å²) in [6.07, 6.45) is 3.99. The number of rotatable bonds is 6. The molecule has 172 valence electrons. The molecule has 0 radical (unpaired) electrons. The van der Waals surface area contributed by atoms with Crippen molar-refractivity contribution in [3.05, 3.63) is 88.3 Å². The number of likely N-dealkylation sites (tertiary alicyclic amines) is 1. The van der Waals surface area contributed by atoms with E-state index in [9.17, 15) is 0 Å². The Balaban J connectivity index is 1.27. The molecule has 2 aromatic carbocycles. The van der Waals surface area contributed by atoms with Gasteiger partial charge in [-0.15, -0.1) is 16.4 Å². The van der Waals surface area contributed by atoms with Crippen LogP contribution < -0.4 is 0 Å². The van der Waals surface area contributed by atoms with Crippen molar-refractivity contribution in [3.63, 3.8) is 0 Å². The van der Waals surface area contributed by atoms with Gasteiger partial charge < -0.3 is 4.42 Å². The molecule has 1 saturated heterocycles. The predicted molar refractivity (Wildman–Crippen MR) is 137 cm³/mol. The Bertz CT molecular complexity index is 1420. The summed E-state index contributed by atoms with van der Waals surface area (Å²) in [6.45, 7) is 3.31.